The number of ether oxygens (including phenoxy) is 1. The smallest absolute Gasteiger partial charge is 0.328 e. The average molecular weight is 502 g/mol. The van der Waals surface area contributed by atoms with Crippen LogP contribution in [0.2, 0.25) is 0 Å². The highest BCUT2D eigenvalue weighted by Crippen LogP contribution is 2.25. The first kappa shape index (κ1) is 26.5. The van der Waals surface area contributed by atoms with Crippen molar-refractivity contribution in [2.24, 2.45) is 5.73 Å². The highest BCUT2D eigenvalue weighted by Gasteiger charge is 2.38. The number of ketones is 1. The largest absolute Gasteiger partial charge is 0.467 e. The van der Waals surface area contributed by atoms with E-state index in [2.05, 4.69) is 5.32 Å². The van der Waals surface area contributed by atoms with E-state index in [1.807, 2.05) is 0 Å². The number of piperidine rings is 1. The van der Waals surface area contributed by atoms with Gasteiger partial charge in [0.15, 0.2) is 5.78 Å². The third kappa shape index (κ3) is 6.74. The summed E-state index contributed by atoms with van der Waals surface area (Å²) in [5.41, 5.74) is 6.91. The molecule has 1 heterocycles. The fraction of sp³-hybridized carbons (Fsp3) is 0.400. The molecular formula is C25H31N3O6S. The molecule has 0 bridgehead atoms. The van der Waals surface area contributed by atoms with Gasteiger partial charge in [-0.1, -0.05) is 48.9 Å². The number of esters is 1. The molecule has 9 nitrogen and oxygen atoms in total. The second kappa shape index (κ2) is 12.1. The van der Waals surface area contributed by atoms with Gasteiger partial charge in [-0.05, 0) is 36.1 Å². The standard InChI is InChI=1S/C25H31N3O6S/c1-34-25(31)22(16-19-12-10-18(11-13-19)15-20(29)17-26)27-24(30)23-9-5-6-14-28(23)35(32,33)21-7-3-2-4-8-21/h2-4,7-8,10-13,22-23H,5-6,9,14-17,26H2,1H3,(H,27,30)/t22?,23-/m0/s1. The Morgan fingerprint density at radius 2 is 1.71 bits per heavy atom. The molecule has 2 aromatic rings. The number of nitrogens with two attached hydrogens (primary N) is 1. The van der Waals surface area contributed by atoms with E-state index >= 15 is 0 Å². The summed E-state index contributed by atoms with van der Waals surface area (Å²) in [5.74, 6) is -1.25. The van der Waals surface area contributed by atoms with Gasteiger partial charge >= 0.3 is 5.97 Å². The fourth-order valence-corrected chi connectivity index (χ4v) is 5.79. The average Bonchev–Trinajstić information content (AvgIpc) is 2.89. The molecular weight excluding hydrogens is 470 g/mol. The molecule has 1 unspecified atom stereocenters. The Hall–Kier alpha value is -3.08. The van der Waals surface area contributed by atoms with Crippen molar-refractivity contribution in [1.82, 2.24) is 9.62 Å². The maximum Gasteiger partial charge on any atom is 0.328 e. The third-order valence-electron chi connectivity index (χ3n) is 6.00. The summed E-state index contributed by atoms with van der Waals surface area (Å²) in [4.78, 5) is 37.4. The van der Waals surface area contributed by atoms with Crippen LogP contribution in [0.15, 0.2) is 59.5 Å². The number of sulfonamides is 1. The van der Waals surface area contributed by atoms with Crippen LogP contribution in [0.1, 0.15) is 30.4 Å². The van der Waals surface area contributed by atoms with E-state index in [0.29, 0.717) is 19.3 Å². The Kier molecular flexibility index (Phi) is 9.13. The Labute approximate surface area is 205 Å². The molecule has 188 valence electrons. The van der Waals surface area contributed by atoms with Crippen molar-refractivity contribution in [3.05, 3.63) is 65.7 Å². The van der Waals surface area contributed by atoms with Gasteiger partial charge in [-0.2, -0.15) is 4.31 Å². The molecule has 0 radical (unpaired) electrons. The third-order valence-corrected chi connectivity index (χ3v) is 7.92. The number of carbonyl (C=O) groups excluding carboxylic acids is 3. The normalized spacial score (nSPS) is 17.4. The molecule has 10 heteroatoms. The first-order valence-electron chi connectivity index (χ1n) is 11.5. The number of methoxy groups -OCH3 is 1. The van der Waals surface area contributed by atoms with E-state index in [9.17, 15) is 22.8 Å². The van der Waals surface area contributed by atoms with Gasteiger partial charge in [0, 0.05) is 19.4 Å². The number of hydrogen-bond acceptors (Lipinski definition) is 7. The van der Waals surface area contributed by atoms with Gasteiger partial charge in [0.25, 0.3) is 0 Å². The number of nitrogens with zero attached hydrogens (tertiary/aromatic N) is 1. The van der Waals surface area contributed by atoms with Crippen LogP contribution in [0.5, 0.6) is 0 Å². The maximum atomic E-state index is 13.2. The van der Waals surface area contributed by atoms with E-state index < -0.39 is 34.0 Å². The minimum Gasteiger partial charge on any atom is -0.467 e. The first-order chi connectivity index (χ1) is 16.8. The number of hydrogen-bond donors (Lipinski definition) is 2. The molecule has 1 amide bonds. The zero-order valence-corrected chi connectivity index (χ0v) is 20.5. The van der Waals surface area contributed by atoms with Crippen LogP contribution in [0.25, 0.3) is 0 Å². The van der Waals surface area contributed by atoms with E-state index in [1.165, 1.54) is 23.5 Å². The number of Topliss-reactive ketones (excluding diaryl/α,β-unsaturated/α-hetero) is 1. The maximum absolute atomic E-state index is 13.2. The molecule has 1 aliphatic rings. The van der Waals surface area contributed by atoms with Crippen molar-refractivity contribution in [2.75, 3.05) is 20.2 Å². The Bertz CT molecular complexity index is 1140. The lowest BCUT2D eigenvalue weighted by molar-refractivity contribution is -0.145. The molecule has 0 aliphatic carbocycles. The Morgan fingerprint density at radius 3 is 2.34 bits per heavy atom. The van der Waals surface area contributed by atoms with Gasteiger partial charge < -0.3 is 15.8 Å². The predicted octanol–water partition coefficient (Wildman–Crippen LogP) is 1.20. The van der Waals surface area contributed by atoms with Crippen molar-refractivity contribution in [3.8, 4) is 0 Å². The second-order valence-electron chi connectivity index (χ2n) is 8.46. The quantitative estimate of drug-likeness (QED) is 0.467. The van der Waals surface area contributed by atoms with Crippen LogP contribution in [0, 0.1) is 0 Å². The zero-order valence-electron chi connectivity index (χ0n) is 19.7. The molecule has 0 aromatic heterocycles. The molecule has 1 saturated heterocycles. The minimum atomic E-state index is -3.87. The van der Waals surface area contributed by atoms with Crippen LogP contribution in [-0.2, 0) is 42.0 Å². The van der Waals surface area contributed by atoms with Crippen molar-refractivity contribution < 1.29 is 27.5 Å². The van der Waals surface area contributed by atoms with Crippen molar-refractivity contribution in [1.29, 1.82) is 0 Å². The molecule has 0 saturated carbocycles. The predicted molar refractivity (Wildman–Crippen MR) is 130 cm³/mol. The van der Waals surface area contributed by atoms with Crippen LogP contribution in [0.3, 0.4) is 0 Å². The summed E-state index contributed by atoms with van der Waals surface area (Å²) >= 11 is 0. The van der Waals surface area contributed by atoms with E-state index in [-0.39, 0.29) is 36.6 Å². The van der Waals surface area contributed by atoms with Crippen molar-refractivity contribution in [3.63, 3.8) is 0 Å². The van der Waals surface area contributed by atoms with Gasteiger partial charge in [-0.25, -0.2) is 13.2 Å². The first-order valence-corrected chi connectivity index (χ1v) is 12.9. The Morgan fingerprint density at radius 1 is 1.06 bits per heavy atom. The van der Waals surface area contributed by atoms with E-state index in [0.717, 1.165) is 11.1 Å². The summed E-state index contributed by atoms with van der Waals surface area (Å²) < 4.78 is 32.5. The van der Waals surface area contributed by atoms with E-state index in [4.69, 9.17) is 10.5 Å². The highest BCUT2D eigenvalue weighted by molar-refractivity contribution is 7.89. The molecule has 35 heavy (non-hydrogen) atoms. The summed E-state index contributed by atoms with van der Waals surface area (Å²) in [7, 11) is -2.64. The molecule has 2 atom stereocenters. The van der Waals surface area contributed by atoms with Gasteiger partial charge in [0.2, 0.25) is 15.9 Å². The van der Waals surface area contributed by atoms with Crippen LogP contribution in [0.4, 0.5) is 0 Å². The molecule has 0 spiro atoms. The van der Waals surface area contributed by atoms with Crippen LogP contribution in [-0.4, -0.2) is 62.7 Å². The lowest BCUT2D eigenvalue weighted by atomic mass is 10.0. The van der Waals surface area contributed by atoms with Gasteiger partial charge in [-0.3, -0.25) is 9.59 Å². The van der Waals surface area contributed by atoms with Gasteiger partial charge in [0.1, 0.15) is 12.1 Å². The summed E-state index contributed by atoms with van der Waals surface area (Å²) in [5, 5.41) is 2.71. The summed E-state index contributed by atoms with van der Waals surface area (Å²) in [6, 6.07) is 13.2. The van der Waals surface area contributed by atoms with E-state index in [1.54, 1.807) is 42.5 Å². The molecule has 3 rings (SSSR count). The summed E-state index contributed by atoms with van der Waals surface area (Å²) in [6.07, 6.45) is 2.08. The monoisotopic (exact) mass is 501 g/mol. The Balaban J connectivity index is 1.75. The summed E-state index contributed by atoms with van der Waals surface area (Å²) in [6.45, 7) is 0.192. The molecule has 1 fully saturated rings. The number of carbonyl (C=O) groups is 3. The second-order valence-corrected chi connectivity index (χ2v) is 10.4. The SMILES string of the molecule is COC(=O)C(Cc1ccc(CC(=O)CN)cc1)NC(=O)[C@@H]1CCCCN1S(=O)(=O)c1ccccc1. The fourth-order valence-electron chi connectivity index (χ4n) is 4.11. The molecule has 1 aliphatic heterocycles. The van der Waals surface area contributed by atoms with Gasteiger partial charge in [-0.15, -0.1) is 0 Å². The number of nitrogens with one attached hydrogen (secondary N) is 1. The lowest BCUT2D eigenvalue weighted by Crippen LogP contribution is -2.55. The minimum absolute atomic E-state index is 0.0314. The van der Waals surface area contributed by atoms with Crippen LogP contribution < -0.4 is 11.1 Å². The number of amides is 1. The number of rotatable bonds is 10. The van der Waals surface area contributed by atoms with Crippen molar-refractivity contribution in [2.45, 2.75) is 49.1 Å². The number of benzene rings is 2. The zero-order chi connectivity index (χ0) is 25.4. The topological polar surface area (TPSA) is 136 Å². The van der Waals surface area contributed by atoms with Crippen molar-refractivity contribution >= 4 is 27.7 Å². The highest BCUT2D eigenvalue weighted by atomic mass is 32.2. The van der Waals surface area contributed by atoms with Gasteiger partial charge in [0.05, 0.1) is 18.6 Å². The lowest BCUT2D eigenvalue weighted by Gasteiger charge is -2.34. The molecule has 3 N–H and O–H groups in total. The molecule has 2 aromatic carbocycles. The van der Waals surface area contributed by atoms with Crippen LogP contribution >= 0.6 is 0 Å².